The summed E-state index contributed by atoms with van der Waals surface area (Å²) in [5.41, 5.74) is -0.245. The minimum atomic E-state index is -1.02. The van der Waals surface area contributed by atoms with Crippen LogP contribution in [0.3, 0.4) is 0 Å². The van der Waals surface area contributed by atoms with Gasteiger partial charge in [-0.2, -0.15) is 0 Å². The average Bonchev–Trinajstić information content (AvgIpc) is 2.90. The molecule has 1 N–H and O–H groups in total. The number of hydrogen-bond acceptors (Lipinski definition) is 4. The van der Waals surface area contributed by atoms with Crippen molar-refractivity contribution in [1.82, 2.24) is 10.2 Å². The highest BCUT2D eigenvalue weighted by atomic mass is 16.5. The van der Waals surface area contributed by atoms with Crippen LogP contribution in [0.15, 0.2) is 54.6 Å². The Kier molecular flexibility index (Phi) is 5.11. The van der Waals surface area contributed by atoms with Crippen molar-refractivity contribution in [3.8, 4) is 11.5 Å². The smallest absolute Gasteiger partial charge is 0.325 e. The number of methoxy groups -OCH3 is 1. The molecule has 136 valence electrons. The third kappa shape index (κ3) is 3.49. The van der Waals surface area contributed by atoms with Crippen LogP contribution in [0.5, 0.6) is 11.5 Å². The van der Waals surface area contributed by atoms with Gasteiger partial charge in [-0.05, 0) is 43.2 Å². The van der Waals surface area contributed by atoms with E-state index in [0.29, 0.717) is 19.6 Å². The lowest BCUT2D eigenvalue weighted by atomic mass is 9.92. The van der Waals surface area contributed by atoms with E-state index in [1.54, 1.807) is 14.0 Å². The predicted molar refractivity (Wildman–Crippen MR) is 97.1 cm³/mol. The van der Waals surface area contributed by atoms with E-state index in [0.717, 1.165) is 17.1 Å². The van der Waals surface area contributed by atoms with E-state index in [1.165, 1.54) is 4.90 Å². The number of benzene rings is 2. The largest absolute Gasteiger partial charge is 0.497 e. The van der Waals surface area contributed by atoms with Gasteiger partial charge in [0.05, 0.1) is 13.7 Å². The highest BCUT2D eigenvalue weighted by Gasteiger charge is 2.48. The number of carbonyl (C=O) groups excluding carboxylic acids is 2. The van der Waals surface area contributed by atoms with Crippen molar-refractivity contribution in [1.29, 1.82) is 0 Å². The molecule has 0 aromatic heterocycles. The number of amides is 3. The number of rotatable bonds is 7. The van der Waals surface area contributed by atoms with Gasteiger partial charge in [0, 0.05) is 6.54 Å². The van der Waals surface area contributed by atoms with Gasteiger partial charge >= 0.3 is 6.03 Å². The second kappa shape index (κ2) is 7.47. The van der Waals surface area contributed by atoms with Crippen LogP contribution in [-0.4, -0.2) is 37.1 Å². The van der Waals surface area contributed by atoms with Gasteiger partial charge in [0.1, 0.15) is 17.0 Å². The first-order chi connectivity index (χ1) is 12.5. The quantitative estimate of drug-likeness (QED) is 0.613. The molecule has 26 heavy (non-hydrogen) atoms. The lowest BCUT2D eigenvalue weighted by Gasteiger charge is -2.22. The van der Waals surface area contributed by atoms with Crippen LogP contribution in [0.4, 0.5) is 4.79 Å². The number of carbonyl (C=O) groups is 2. The van der Waals surface area contributed by atoms with Gasteiger partial charge in [0.25, 0.3) is 5.91 Å². The zero-order chi connectivity index (χ0) is 18.6. The Morgan fingerprint density at radius 1 is 1.00 bits per heavy atom. The van der Waals surface area contributed by atoms with Gasteiger partial charge in [-0.15, -0.1) is 0 Å². The molecule has 6 heteroatoms. The normalized spacial score (nSPS) is 19.4. The first-order valence-corrected chi connectivity index (χ1v) is 8.51. The van der Waals surface area contributed by atoms with Crippen LogP contribution >= 0.6 is 0 Å². The van der Waals surface area contributed by atoms with Crippen molar-refractivity contribution in [3.05, 3.63) is 60.2 Å². The van der Waals surface area contributed by atoms with Crippen molar-refractivity contribution in [3.63, 3.8) is 0 Å². The van der Waals surface area contributed by atoms with E-state index in [1.807, 2.05) is 54.6 Å². The number of hydrogen-bond donors (Lipinski definition) is 1. The molecule has 2 aromatic rings. The fourth-order valence-electron chi connectivity index (χ4n) is 2.95. The second-order valence-electron chi connectivity index (χ2n) is 6.26. The molecule has 3 amide bonds. The van der Waals surface area contributed by atoms with Crippen molar-refractivity contribution >= 4 is 11.9 Å². The lowest BCUT2D eigenvalue weighted by molar-refractivity contribution is -0.131. The fourth-order valence-corrected chi connectivity index (χ4v) is 2.95. The molecule has 1 atom stereocenters. The van der Waals surface area contributed by atoms with E-state index in [2.05, 4.69) is 5.32 Å². The second-order valence-corrected chi connectivity index (χ2v) is 6.26. The molecule has 2 aromatic carbocycles. The highest BCUT2D eigenvalue weighted by Crippen LogP contribution is 2.28. The Morgan fingerprint density at radius 3 is 2.31 bits per heavy atom. The minimum Gasteiger partial charge on any atom is -0.497 e. The number of ether oxygens (including phenoxy) is 2. The van der Waals surface area contributed by atoms with Gasteiger partial charge in [-0.1, -0.05) is 30.3 Å². The zero-order valence-electron chi connectivity index (χ0n) is 14.9. The van der Waals surface area contributed by atoms with Gasteiger partial charge in [0.15, 0.2) is 0 Å². The Hall–Kier alpha value is -3.02. The Morgan fingerprint density at radius 2 is 1.65 bits per heavy atom. The van der Waals surface area contributed by atoms with Crippen LogP contribution in [0.1, 0.15) is 18.9 Å². The van der Waals surface area contributed by atoms with Gasteiger partial charge in [-0.25, -0.2) is 4.79 Å². The lowest BCUT2D eigenvalue weighted by Crippen LogP contribution is -2.41. The Balaban J connectivity index is 1.55. The maximum Gasteiger partial charge on any atom is 0.325 e. The summed E-state index contributed by atoms with van der Waals surface area (Å²) in [7, 11) is 1.61. The molecular weight excluding hydrogens is 332 g/mol. The maximum atomic E-state index is 12.8. The standard InChI is InChI=1S/C20H22N2O4/c1-20(15-7-4-3-5-8-15)18(23)22(19(24)21-20)13-6-14-26-17-11-9-16(25-2)10-12-17/h3-5,7-12H,6,13-14H2,1-2H3,(H,21,24). The summed E-state index contributed by atoms with van der Waals surface area (Å²) in [5, 5.41) is 2.80. The maximum absolute atomic E-state index is 12.8. The SMILES string of the molecule is COc1ccc(OCCCN2C(=O)NC(C)(c3ccccc3)C2=O)cc1. The zero-order valence-corrected chi connectivity index (χ0v) is 14.9. The van der Waals surface area contributed by atoms with E-state index in [9.17, 15) is 9.59 Å². The van der Waals surface area contributed by atoms with E-state index in [4.69, 9.17) is 9.47 Å². The van der Waals surface area contributed by atoms with Crippen molar-refractivity contribution in [2.24, 2.45) is 0 Å². The molecule has 1 unspecified atom stereocenters. The topological polar surface area (TPSA) is 67.9 Å². The summed E-state index contributed by atoms with van der Waals surface area (Å²) < 4.78 is 10.7. The van der Waals surface area contributed by atoms with E-state index >= 15 is 0 Å². The number of nitrogens with zero attached hydrogens (tertiary/aromatic N) is 1. The Bertz CT molecular complexity index is 776. The molecule has 1 heterocycles. The van der Waals surface area contributed by atoms with Gasteiger partial charge in [-0.3, -0.25) is 9.69 Å². The molecule has 1 fully saturated rings. The summed E-state index contributed by atoms with van der Waals surface area (Å²) in [6.45, 7) is 2.45. The monoisotopic (exact) mass is 354 g/mol. The third-order valence-electron chi connectivity index (χ3n) is 4.48. The van der Waals surface area contributed by atoms with Crippen molar-refractivity contribution in [2.75, 3.05) is 20.3 Å². The average molecular weight is 354 g/mol. The molecule has 3 rings (SSSR count). The van der Waals surface area contributed by atoms with Crippen LogP contribution in [0, 0.1) is 0 Å². The fraction of sp³-hybridized carbons (Fsp3) is 0.300. The first-order valence-electron chi connectivity index (χ1n) is 8.51. The minimum absolute atomic E-state index is 0.238. The molecular formula is C20H22N2O4. The van der Waals surface area contributed by atoms with Crippen molar-refractivity contribution in [2.45, 2.75) is 18.9 Å². The van der Waals surface area contributed by atoms with Gasteiger partial charge in [0.2, 0.25) is 0 Å². The summed E-state index contributed by atoms with van der Waals surface area (Å²) >= 11 is 0. The Labute approximate surface area is 152 Å². The molecule has 0 spiro atoms. The molecule has 1 aliphatic rings. The molecule has 1 saturated heterocycles. The summed E-state index contributed by atoms with van der Waals surface area (Å²) in [6.07, 6.45) is 0.552. The number of nitrogens with one attached hydrogen (secondary N) is 1. The van der Waals surface area contributed by atoms with Crippen LogP contribution < -0.4 is 14.8 Å². The third-order valence-corrected chi connectivity index (χ3v) is 4.48. The van der Waals surface area contributed by atoms with Crippen molar-refractivity contribution < 1.29 is 19.1 Å². The summed E-state index contributed by atoms with van der Waals surface area (Å²) in [6, 6.07) is 16.2. The highest BCUT2D eigenvalue weighted by molar-refractivity contribution is 6.07. The summed E-state index contributed by atoms with van der Waals surface area (Å²) in [4.78, 5) is 26.3. The van der Waals surface area contributed by atoms with Gasteiger partial charge < -0.3 is 14.8 Å². The molecule has 6 nitrogen and oxygen atoms in total. The molecule has 1 aliphatic heterocycles. The van der Waals surface area contributed by atoms with E-state index in [-0.39, 0.29) is 11.9 Å². The van der Waals surface area contributed by atoms with Crippen LogP contribution in [0.25, 0.3) is 0 Å². The molecule has 0 aliphatic carbocycles. The molecule has 0 bridgehead atoms. The number of imide groups is 1. The predicted octanol–water partition coefficient (Wildman–Crippen LogP) is 2.93. The first kappa shape index (κ1) is 17.8. The van der Waals surface area contributed by atoms with Crippen LogP contribution in [-0.2, 0) is 10.3 Å². The summed E-state index contributed by atoms with van der Waals surface area (Å²) in [5.74, 6) is 1.24. The molecule has 0 radical (unpaired) electrons. The van der Waals surface area contributed by atoms with E-state index < -0.39 is 5.54 Å². The number of urea groups is 1. The van der Waals surface area contributed by atoms with Crippen LogP contribution in [0.2, 0.25) is 0 Å². The molecule has 0 saturated carbocycles.